The Labute approximate surface area is 306 Å². The van der Waals surface area contributed by atoms with Crippen molar-refractivity contribution in [2.75, 3.05) is 18.4 Å². The van der Waals surface area contributed by atoms with E-state index in [1.165, 1.54) is 0 Å². The van der Waals surface area contributed by atoms with Crippen molar-refractivity contribution < 1.29 is 19.1 Å². The van der Waals surface area contributed by atoms with Gasteiger partial charge in [0.25, 0.3) is 0 Å². The summed E-state index contributed by atoms with van der Waals surface area (Å²) in [4.78, 5) is 44.8. The highest BCUT2D eigenvalue weighted by molar-refractivity contribution is 7.15. The summed E-state index contributed by atoms with van der Waals surface area (Å²) in [7, 11) is 0. The van der Waals surface area contributed by atoms with Crippen LogP contribution in [0.3, 0.4) is 0 Å². The molecular formula is C36H39Cl2N7O4S. The van der Waals surface area contributed by atoms with Crippen LogP contribution in [0, 0.1) is 32.6 Å². The number of carbonyl (C=O) groups is 3. The summed E-state index contributed by atoms with van der Waals surface area (Å²) in [6.07, 6.45) is 0.329. The lowest BCUT2D eigenvalue weighted by Crippen LogP contribution is -2.27. The highest BCUT2D eigenvalue weighted by Crippen LogP contribution is 2.39. The van der Waals surface area contributed by atoms with E-state index < -0.39 is 12.0 Å². The van der Waals surface area contributed by atoms with Gasteiger partial charge in [0.1, 0.15) is 16.9 Å². The van der Waals surface area contributed by atoms with Gasteiger partial charge in [-0.2, -0.15) is 0 Å². The average Bonchev–Trinajstić information content (AvgIpc) is 3.53. The summed E-state index contributed by atoms with van der Waals surface area (Å²) in [5.74, 6) is 5.96. The van der Waals surface area contributed by atoms with E-state index >= 15 is 0 Å². The number of halogens is 2. The quantitative estimate of drug-likeness (QED) is 0.102. The second-order valence-electron chi connectivity index (χ2n) is 11.8. The van der Waals surface area contributed by atoms with Crippen LogP contribution in [0.1, 0.15) is 88.3 Å². The van der Waals surface area contributed by atoms with Crippen LogP contribution in [0.2, 0.25) is 5.02 Å². The molecule has 4 aromatic rings. The number of amides is 2. The normalized spacial score (nSPS) is 13.1. The summed E-state index contributed by atoms with van der Waals surface area (Å²) in [6.45, 7) is 9.98. The first-order valence-corrected chi connectivity index (χ1v) is 17.1. The number of esters is 1. The number of benzene rings is 2. The zero-order chi connectivity index (χ0) is 35.2. The third-order valence-corrected chi connectivity index (χ3v) is 9.27. The standard InChI is InChI=1S/C36H38ClN7O4S.ClH/c1-20(2)48-36(47)28-15-14-27(18-25(28)8-6-16-38)40-30(45)9-7-17-39-31(46)19-29-34-43-42-23(5)44(34)35-32(21(3)22(4)49-35)33(41-29)24-10-12-26(37)13-11-24;/h10-15,18,20,29H,7,9,16-17,19,38H2,1-5H3,(H,39,46)(H,40,45);1H/t29-;/m0./s1. The minimum Gasteiger partial charge on any atom is -0.459 e. The fourth-order valence-corrected chi connectivity index (χ4v) is 6.75. The SMILES string of the molecule is Cc1sc2c(c1C)C(c1ccc(Cl)cc1)=N[C@@H](CC(=O)NCCCC(=O)Nc1ccc(C(=O)OC(C)C)c(C#CCN)c1)c1nnc(C)n1-2.Cl. The van der Waals surface area contributed by atoms with Gasteiger partial charge >= 0.3 is 5.97 Å². The number of aliphatic imine (C=N–C) groups is 1. The van der Waals surface area contributed by atoms with Crippen molar-refractivity contribution in [1.29, 1.82) is 0 Å². The molecule has 50 heavy (non-hydrogen) atoms. The number of aromatic nitrogens is 3. The number of nitrogens with one attached hydrogen (secondary N) is 2. The van der Waals surface area contributed by atoms with Gasteiger partial charge in [0, 0.05) is 45.2 Å². The van der Waals surface area contributed by atoms with E-state index in [1.54, 1.807) is 43.4 Å². The molecule has 2 amide bonds. The molecule has 0 saturated heterocycles. The number of nitrogens with two attached hydrogens (primary N) is 1. The molecule has 11 nitrogen and oxygen atoms in total. The van der Waals surface area contributed by atoms with Gasteiger partial charge in [-0.05, 0) is 76.9 Å². The maximum Gasteiger partial charge on any atom is 0.339 e. The second kappa shape index (κ2) is 16.9. The van der Waals surface area contributed by atoms with Gasteiger partial charge in [0.15, 0.2) is 5.82 Å². The number of nitrogens with zero attached hydrogens (tertiary/aromatic N) is 4. The predicted octanol–water partition coefficient (Wildman–Crippen LogP) is 6.02. The zero-order valence-electron chi connectivity index (χ0n) is 28.4. The Bertz CT molecular complexity index is 1990. The molecule has 2 aromatic carbocycles. The third kappa shape index (κ3) is 8.78. The van der Waals surface area contributed by atoms with Crippen LogP contribution in [-0.4, -0.2) is 57.5 Å². The summed E-state index contributed by atoms with van der Waals surface area (Å²) in [6, 6.07) is 11.7. The lowest BCUT2D eigenvalue weighted by molar-refractivity contribution is -0.122. The Kier molecular flexibility index (Phi) is 12.9. The Balaban J connectivity index is 0.00000562. The molecule has 0 spiro atoms. The Morgan fingerprint density at radius 3 is 2.52 bits per heavy atom. The molecule has 3 heterocycles. The molecule has 0 saturated carbocycles. The fourth-order valence-electron chi connectivity index (χ4n) is 5.41. The first kappa shape index (κ1) is 38.3. The third-order valence-electron chi connectivity index (χ3n) is 7.83. The zero-order valence-corrected chi connectivity index (χ0v) is 30.8. The van der Waals surface area contributed by atoms with Gasteiger partial charge < -0.3 is 21.1 Å². The number of anilines is 1. The smallest absolute Gasteiger partial charge is 0.339 e. The number of ether oxygens (including phenoxy) is 1. The van der Waals surface area contributed by atoms with Crippen molar-refractivity contribution in [1.82, 2.24) is 20.1 Å². The molecule has 1 aliphatic rings. The molecule has 0 aliphatic carbocycles. The lowest BCUT2D eigenvalue weighted by atomic mass is 9.99. The molecule has 5 rings (SSSR count). The molecule has 0 radical (unpaired) electrons. The van der Waals surface area contributed by atoms with Crippen molar-refractivity contribution in [3.63, 3.8) is 0 Å². The fraction of sp³-hybridized carbons (Fsp3) is 0.333. The Morgan fingerprint density at radius 2 is 1.82 bits per heavy atom. The monoisotopic (exact) mass is 735 g/mol. The maximum atomic E-state index is 13.3. The highest BCUT2D eigenvalue weighted by atomic mass is 35.5. The van der Waals surface area contributed by atoms with Crippen molar-refractivity contribution in [3.8, 4) is 16.8 Å². The molecule has 1 aliphatic heterocycles. The number of aryl methyl sites for hydroxylation is 2. The van der Waals surface area contributed by atoms with Crippen molar-refractivity contribution >= 4 is 64.5 Å². The van der Waals surface area contributed by atoms with Gasteiger partial charge in [-0.1, -0.05) is 35.6 Å². The molecule has 262 valence electrons. The number of rotatable bonds is 10. The number of hydrogen-bond acceptors (Lipinski definition) is 9. The number of hydrogen-bond donors (Lipinski definition) is 3. The van der Waals surface area contributed by atoms with Crippen LogP contribution < -0.4 is 16.4 Å². The predicted molar refractivity (Wildman–Crippen MR) is 199 cm³/mol. The van der Waals surface area contributed by atoms with Gasteiger partial charge in [-0.3, -0.25) is 19.1 Å². The largest absolute Gasteiger partial charge is 0.459 e. The lowest BCUT2D eigenvalue weighted by Gasteiger charge is -2.13. The minimum atomic E-state index is -0.591. The summed E-state index contributed by atoms with van der Waals surface area (Å²) >= 11 is 7.85. The first-order chi connectivity index (χ1) is 23.5. The average molecular weight is 737 g/mol. The van der Waals surface area contributed by atoms with Crippen LogP contribution in [0.15, 0.2) is 47.5 Å². The molecule has 4 N–H and O–H groups in total. The molecule has 2 aromatic heterocycles. The van der Waals surface area contributed by atoms with E-state index in [0.717, 1.165) is 32.3 Å². The van der Waals surface area contributed by atoms with Crippen LogP contribution in [0.4, 0.5) is 5.69 Å². The van der Waals surface area contributed by atoms with Crippen LogP contribution in [0.5, 0.6) is 0 Å². The van der Waals surface area contributed by atoms with E-state index in [2.05, 4.69) is 46.5 Å². The summed E-state index contributed by atoms with van der Waals surface area (Å²) < 4.78 is 7.31. The van der Waals surface area contributed by atoms with Crippen molar-refractivity contribution in [2.45, 2.75) is 66.0 Å². The number of thiophene rings is 1. The van der Waals surface area contributed by atoms with Crippen LogP contribution >= 0.6 is 35.3 Å². The van der Waals surface area contributed by atoms with Crippen LogP contribution in [0.25, 0.3) is 5.00 Å². The number of carbonyl (C=O) groups excluding carboxylic acids is 3. The maximum absolute atomic E-state index is 13.3. The second-order valence-corrected chi connectivity index (χ2v) is 13.5. The van der Waals surface area contributed by atoms with Crippen molar-refractivity contribution in [3.05, 3.63) is 91.8 Å². The first-order valence-electron chi connectivity index (χ1n) is 15.9. The molecule has 14 heteroatoms. The molecule has 0 bridgehead atoms. The molecule has 0 unspecified atom stereocenters. The van der Waals surface area contributed by atoms with Gasteiger partial charge in [0.05, 0.1) is 30.3 Å². The Hall–Kier alpha value is -4.54. The minimum absolute atomic E-state index is 0. The highest BCUT2D eigenvalue weighted by Gasteiger charge is 2.32. The van der Waals surface area contributed by atoms with E-state index in [-0.39, 0.29) is 56.3 Å². The summed E-state index contributed by atoms with van der Waals surface area (Å²) in [5, 5.41) is 16.2. The molecule has 1 atom stereocenters. The van der Waals surface area contributed by atoms with Crippen molar-refractivity contribution in [2.24, 2.45) is 10.7 Å². The van der Waals surface area contributed by atoms with E-state index in [1.807, 2.05) is 35.8 Å². The van der Waals surface area contributed by atoms with Gasteiger partial charge in [-0.25, -0.2) is 4.79 Å². The van der Waals surface area contributed by atoms with E-state index in [9.17, 15) is 14.4 Å². The summed E-state index contributed by atoms with van der Waals surface area (Å²) in [5.41, 5.74) is 10.5. The number of fused-ring (bicyclic) bond motifs is 3. The van der Waals surface area contributed by atoms with E-state index in [0.29, 0.717) is 39.9 Å². The Morgan fingerprint density at radius 1 is 1.08 bits per heavy atom. The molecule has 0 fully saturated rings. The van der Waals surface area contributed by atoms with E-state index in [4.69, 9.17) is 27.1 Å². The molecular weight excluding hydrogens is 697 g/mol. The van der Waals surface area contributed by atoms with Crippen LogP contribution in [-0.2, 0) is 14.3 Å². The van der Waals surface area contributed by atoms with Gasteiger partial charge in [-0.15, -0.1) is 33.9 Å². The topological polar surface area (TPSA) is 154 Å². The van der Waals surface area contributed by atoms with Gasteiger partial charge in [0.2, 0.25) is 11.8 Å².